The highest BCUT2D eigenvalue weighted by molar-refractivity contribution is 7.90. The quantitative estimate of drug-likeness (QED) is 0.314. The van der Waals surface area contributed by atoms with E-state index in [0.717, 1.165) is 16.8 Å². The molecule has 176 valence electrons. The van der Waals surface area contributed by atoms with E-state index in [2.05, 4.69) is 30.8 Å². The molecule has 34 heavy (non-hydrogen) atoms. The number of benzene rings is 2. The molecule has 4 rings (SSSR count). The minimum Gasteiger partial charge on any atom is -0.394 e. The highest BCUT2D eigenvalue weighted by Crippen LogP contribution is 2.32. The van der Waals surface area contributed by atoms with Crippen LogP contribution in [0.4, 0.5) is 17.5 Å². The van der Waals surface area contributed by atoms with Gasteiger partial charge in [0, 0.05) is 18.1 Å². The van der Waals surface area contributed by atoms with Crippen molar-refractivity contribution in [2.24, 2.45) is 0 Å². The molecule has 0 fully saturated rings. The Morgan fingerprint density at radius 2 is 1.91 bits per heavy atom. The van der Waals surface area contributed by atoms with Gasteiger partial charge in [-0.1, -0.05) is 53.3 Å². The van der Waals surface area contributed by atoms with E-state index in [4.69, 9.17) is 11.6 Å². The highest BCUT2D eigenvalue weighted by Gasteiger charge is 2.19. The van der Waals surface area contributed by atoms with Gasteiger partial charge in [-0.15, -0.1) is 10.2 Å². The predicted molar refractivity (Wildman–Crippen MR) is 133 cm³/mol. The molecule has 0 aliphatic carbocycles. The highest BCUT2D eigenvalue weighted by atomic mass is 35.5. The van der Waals surface area contributed by atoms with Gasteiger partial charge >= 0.3 is 0 Å². The Morgan fingerprint density at radius 3 is 2.53 bits per heavy atom. The molecule has 0 radical (unpaired) electrons. The number of aromatic nitrogens is 4. The van der Waals surface area contributed by atoms with E-state index in [9.17, 15) is 13.5 Å². The number of aryl methyl sites for hydroxylation is 1. The fourth-order valence-electron chi connectivity index (χ4n) is 3.21. The molecule has 2 heterocycles. The van der Waals surface area contributed by atoms with Crippen LogP contribution in [0.25, 0.3) is 10.6 Å². The van der Waals surface area contributed by atoms with Crippen molar-refractivity contribution in [2.75, 3.05) is 23.5 Å². The second-order valence-corrected chi connectivity index (χ2v) is 11.0. The Kier molecular flexibility index (Phi) is 7.08. The van der Waals surface area contributed by atoms with Crippen LogP contribution < -0.4 is 10.6 Å². The van der Waals surface area contributed by atoms with Crippen LogP contribution in [0, 0.1) is 6.92 Å². The number of nitrogens with zero attached hydrogens (tertiary/aromatic N) is 4. The number of hydrogen-bond acceptors (Lipinski definition) is 10. The molecule has 2 aromatic heterocycles. The first-order valence-corrected chi connectivity index (χ1v) is 13.2. The van der Waals surface area contributed by atoms with Gasteiger partial charge in [0.15, 0.2) is 14.8 Å². The van der Waals surface area contributed by atoms with Gasteiger partial charge < -0.3 is 15.7 Å². The number of nitrogens with one attached hydrogen (secondary N) is 2. The average molecular weight is 517 g/mol. The van der Waals surface area contributed by atoms with Crippen molar-refractivity contribution in [2.45, 2.75) is 17.9 Å². The molecule has 0 spiro atoms. The third-order valence-electron chi connectivity index (χ3n) is 4.83. The number of sulfone groups is 1. The topological polar surface area (TPSA) is 130 Å². The lowest BCUT2D eigenvalue weighted by atomic mass is 10.1. The molecule has 3 N–H and O–H groups in total. The number of aliphatic hydroxyl groups excluding tert-OH is 1. The Morgan fingerprint density at radius 1 is 1.15 bits per heavy atom. The van der Waals surface area contributed by atoms with Crippen molar-refractivity contribution in [3.63, 3.8) is 0 Å². The summed E-state index contributed by atoms with van der Waals surface area (Å²) in [4.78, 5) is 9.02. The maximum absolute atomic E-state index is 11.8. The summed E-state index contributed by atoms with van der Waals surface area (Å²) >= 11 is 7.56. The summed E-state index contributed by atoms with van der Waals surface area (Å²) in [7, 11) is -3.44. The first-order valence-electron chi connectivity index (χ1n) is 10.1. The van der Waals surface area contributed by atoms with E-state index >= 15 is 0 Å². The SMILES string of the molecule is Cc1nnc(-c2cnc(Nc3ccc(S(C)(=O)=O)c(Cl)c3)nc2N[C@H](CO)c2ccccc2)s1. The zero-order valence-corrected chi connectivity index (χ0v) is 20.6. The summed E-state index contributed by atoms with van der Waals surface area (Å²) < 4.78 is 23.6. The minimum absolute atomic E-state index is 0.0404. The summed E-state index contributed by atoms with van der Waals surface area (Å²) in [6.45, 7) is 1.70. The van der Waals surface area contributed by atoms with Crippen LogP contribution in [-0.2, 0) is 9.84 Å². The van der Waals surface area contributed by atoms with Gasteiger partial charge in [0.05, 0.1) is 28.1 Å². The number of halogens is 1. The van der Waals surface area contributed by atoms with Gasteiger partial charge in [0.1, 0.15) is 10.8 Å². The maximum atomic E-state index is 11.8. The van der Waals surface area contributed by atoms with Crippen molar-refractivity contribution in [3.8, 4) is 10.6 Å². The smallest absolute Gasteiger partial charge is 0.229 e. The van der Waals surface area contributed by atoms with E-state index in [-0.39, 0.29) is 22.5 Å². The van der Waals surface area contributed by atoms with Gasteiger partial charge in [0.2, 0.25) is 5.95 Å². The van der Waals surface area contributed by atoms with E-state index in [1.807, 2.05) is 37.3 Å². The van der Waals surface area contributed by atoms with Crippen molar-refractivity contribution >= 4 is 50.2 Å². The van der Waals surface area contributed by atoms with Crippen LogP contribution in [0.1, 0.15) is 16.6 Å². The fourth-order valence-corrected chi connectivity index (χ4v) is 5.24. The van der Waals surface area contributed by atoms with Crippen LogP contribution >= 0.6 is 22.9 Å². The molecule has 2 aromatic carbocycles. The second-order valence-electron chi connectivity index (χ2n) is 7.41. The summed E-state index contributed by atoms with van der Waals surface area (Å²) in [5.74, 6) is 0.704. The Hall–Kier alpha value is -3.12. The lowest BCUT2D eigenvalue weighted by Gasteiger charge is -2.19. The van der Waals surface area contributed by atoms with Gasteiger partial charge in [-0.3, -0.25) is 0 Å². The third-order valence-corrected chi connectivity index (χ3v) is 7.28. The predicted octanol–water partition coefficient (Wildman–Crippen LogP) is 4.25. The second kappa shape index (κ2) is 10.0. The van der Waals surface area contributed by atoms with E-state index in [0.29, 0.717) is 22.1 Å². The number of anilines is 3. The van der Waals surface area contributed by atoms with Crippen LogP contribution in [0.2, 0.25) is 5.02 Å². The number of aliphatic hydroxyl groups is 1. The molecule has 0 unspecified atom stereocenters. The lowest BCUT2D eigenvalue weighted by molar-refractivity contribution is 0.276. The molecule has 12 heteroatoms. The van der Waals surface area contributed by atoms with Crippen molar-refractivity contribution in [3.05, 3.63) is 70.3 Å². The molecule has 9 nitrogen and oxygen atoms in total. The standard InChI is InChI=1S/C22H21ClN6O3S2/c1-13-28-29-21(33-13)16-11-24-22(25-15-8-9-19(17(23)10-15)34(2,31)32)27-20(16)26-18(12-30)14-6-4-3-5-7-14/h3-11,18,30H,12H2,1-2H3,(H2,24,25,26,27)/t18-/m1/s1. The summed E-state index contributed by atoms with van der Waals surface area (Å²) in [5.41, 5.74) is 2.04. The molecular weight excluding hydrogens is 496 g/mol. The van der Waals surface area contributed by atoms with Crippen LogP contribution in [0.5, 0.6) is 0 Å². The van der Waals surface area contributed by atoms with Crippen molar-refractivity contribution < 1.29 is 13.5 Å². The number of hydrogen-bond donors (Lipinski definition) is 3. The van der Waals surface area contributed by atoms with Gasteiger partial charge in [-0.25, -0.2) is 13.4 Å². The molecule has 0 aliphatic rings. The molecule has 4 aromatic rings. The zero-order valence-electron chi connectivity index (χ0n) is 18.2. The Labute approximate surface area is 205 Å². The van der Waals surface area contributed by atoms with E-state index in [1.54, 1.807) is 12.3 Å². The minimum atomic E-state index is -3.44. The van der Waals surface area contributed by atoms with Gasteiger partial charge in [0.25, 0.3) is 0 Å². The molecule has 0 bridgehead atoms. The van der Waals surface area contributed by atoms with Crippen molar-refractivity contribution in [1.29, 1.82) is 0 Å². The van der Waals surface area contributed by atoms with Crippen LogP contribution in [0.3, 0.4) is 0 Å². The summed E-state index contributed by atoms with van der Waals surface area (Å²) in [6, 6.07) is 13.6. The monoisotopic (exact) mass is 516 g/mol. The van der Waals surface area contributed by atoms with E-state index < -0.39 is 15.9 Å². The fraction of sp³-hybridized carbons (Fsp3) is 0.182. The molecule has 0 aliphatic heterocycles. The summed E-state index contributed by atoms with van der Waals surface area (Å²) in [5, 5.41) is 26.1. The molecule has 0 amide bonds. The lowest BCUT2D eigenvalue weighted by Crippen LogP contribution is -2.17. The van der Waals surface area contributed by atoms with Crippen LogP contribution in [-0.4, -0.2) is 46.6 Å². The normalized spacial score (nSPS) is 12.4. The van der Waals surface area contributed by atoms with E-state index in [1.165, 1.54) is 23.5 Å². The third kappa shape index (κ3) is 5.50. The zero-order chi connectivity index (χ0) is 24.3. The molecule has 1 atom stereocenters. The average Bonchev–Trinajstić information content (AvgIpc) is 3.23. The van der Waals surface area contributed by atoms with Crippen LogP contribution in [0.15, 0.2) is 59.6 Å². The molecular formula is C22H21ClN6O3S2. The van der Waals surface area contributed by atoms with Gasteiger partial charge in [-0.2, -0.15) is 4.98 Å². The van der Waals surface area contributed by atoms with Crippen molar-refractivity contribution in [1.82, 2.24) is 20.2 Å². The molecule has 0 saturated heterocycles. The Balaban J connectivity index is 1.69. The first kappa shape index (κ1) is 24.0. The summed E-state index contributed by atoms with van der Waals surface area (Å²) in [6.07, 6.45) is 2.71. The molecule has 0 saturated carbocycles. The number of rotatable bonds is 8. The Bertz CT molecular complexity index is 1410. The van der Waals surface area contributed by atoms with Gasteiger partial charge in [-0.05, 0) is 30.7 Å². The first-order chi connectivity index (χ1) is 16.2. The maximum Gasteiger partial charge on any atom is 0.229 e. The largest absolute Gasteiger partial charge is 0.394 e.